The van der Waals surface area contributed by atoms with Crippen molar-refractivity contribution in [1.82, 2.24) is 20.1 Å². The average molecular weight is 437 g/mol. The van der Waals surface area contributed by atoms with Gasteiger partial charge in [0.15, 0.2) is 11.0 Å². The number of allylic oxidation sites excluding steroid dienone is 1. The van der Waals surface area contributed by atoms with Crippen LogP contribution < -0.4 is 10.1 Å². The van der Waals surface area contributed by atoms with Crippen molar-refractivity contribution >= 4 is 17.7 Å². The molecule has 1 atom stereocenters. The van der Waals surface area contributed by atoms with Crippen LogP contribution in [-0.2, 0) is 24.4 Å². The van der Waals surface area contributed by atoms with Crippen LogP contribution in [-0.4, -0.2) is 26.4 Å². The number of hydrogen-bond donors (Lipinski definition) is 1. The molecule has 3 aromatic rings. The summed E-state index contributed by atoms with van der Waals surface area (Å²) in [7, 11) is 0. The monoisotopic (exact) mass is 436 g/mol. The number of ether oxygens (including phenoxy) is 1. The molecule has 0 unspecified atom stereocenters. The molecule has 1 N–H and O–H groups in total. The van der Waals surface area contributed by atoms with Crippen LogP contribution in [0.3, 0.4) is 0 Å². The lowest BCUT2D eigenvalue weighted by Crippen LogP contribution is -2.28. The molecule has 1 amide bonds. The highest BCUT2D eigenvalue weighted by molar-refractivity contribution is 7.99. The van der Waals surface area contributed by atoms with E-state index in [1.54, 1.807) is 6.08 Å². The topological polar surface area (TPSA) is 69.0 Å². The van der Waals surface area contributed by atoms with Gasteiger partial charge in [-0.2, -0.15) is 0 Å². The minimum atomic E-state index is -0.0525. The number of aryl methyl sites for hydroxylation is 1. The maximum atomic E-state index is 12.4. The van der Waals surface area contributed by atoms with Crippen molar-refractivity contribution in [3.63, 3.8) is 0 Å². The predicted molar refractivity (Wildman–Crippen MR) is 124 cm³/mol. The van der Waals surface area contributed by atoms with E-state index in [0.717, 1.165) is 17.7 Å². The Balaban J connectivity index is 1.57. The van der Waals surface area contributed by atoms with E-state index in [1.807, 2.05) is 54.0 Å². The van der Waals surface area contributed by atoms with E-state index in [0.29, 0.717) is 24.1 Å². The van der Waals surface area contributed by atoms with Gasteiger partial charge in [0.1, 0.15) is 12.4 Å². The molecule has 0 aliphatic heterocycles. The van der Waals surface area contributed by atoms with Gasteiger partial charge >= 0.3 is 0 Å². The third kappa shape index (κ3) is 6.46. The Labute approximate surface area is 187 Å². The summed E-state index contributed by atoms with van der Waals surface area (Å²) < 4.78 is 7.80. The highest BCUT2D eigenvalue weighted by atomic mass is 32.2. The molecular formula is C24H28N4O2S. The molecule has 3 rings (SSSR count). The maximum absolute atomic E-state index is 12.4. The van der Waals surface area contributed by atoms with Crippen LogP contribution in [0.4, 0.5) is 0 Å². The Morgan fingerprint density at radius 2 is 1.94 bits per heavy atom. The summed E-state index contributed by atoms with van der Waals surface area (Å²) in [5.41, 5.74) is 2.34. The highest BCUT2D eigenvalue weighted by Crippen LogP contribution is 2.20. The van der Waals surface area contributed by atoms with Crippen LogP contribution in [0.15, 0.2) is 72.4 Å². The molecule has 2 aromatic carbocycles. The standard InChI is InChI=1S/C24H28N4O2S/c1-4-15-28-22(16-30-21-13-11-19(5-2)12-14-21)26-27-24(28)31-17-23(29)25-18(3)20-9-7-6-8-10-20/h4,6-14,18H,1,5,15-17H2,2-3H3,(H,25,29)/t18-/m0/s1. The van der Waals surface area contributed by atoms with Gasteiger partial charge in [0, 0.05) is 6.54 Å². The van der Waals surface area contributed by atoms with Crippen molar-refractivity contribution in [2.24, 2.45) is 0 Å². The molecule has 7 heteroatoms. The third-order valence-electron chi connectivity index (χ3n) is 4.81. The van der Waals surface area contributed by atoms with Gasteiger partial charge in [-0.1, -0.05) is 67.2 Å². The SMILES string of the molecule is C=CCn1c(COc2ccc(CC)cc2)nnc1SCC(=O)N[C@@H](C)c1ccccc1. The number of amides is 1. The molecule has 0 spiro atoms. The number of benzene rings is 2. The van der Waals surface area contributed by atoms with Crippen LogP contribution in [0.1, 0.15) is 36.8 Å². The van der Waals surface area contributed by atoms with E-state index in [4.69, 9.17) is 4.74 Å². The number of aromatic nitrogens is 3. The quantitative estimate of drug-likeness (QED) is 0.352. The van der Waals surface area contributed by atoms with Gasteiger partial charge in [0.2, 0.25) is 5.91 Å². The van der Waals surface area contributed by atoms with Gasteiger partial charge in [0.25, 0.3) is 0 Å². The Morgan fingerprint density at radius 3 is 2.61 bits per heavy atom. The van der Waals surface area contributed by atoms with E-state index >= 15 is 0 Å². The number of rotatable bonds is 11. The first kappa shape index (κ1) is 22.6. The molecule has 0 saturated heterocycles. The number of thioether (sulfide) groups is 1. The second-order valence-electron chi connectivity index (χ2n) is 7.07. The number of carbonyl (C=O) groups is 1. The molecule has 0 bridgehead atoms. The van der Waals surface area contributed by atoms with Crippen molar-refractivity contribution in [3.05, 3.63) is 84.2 Å². The van der Waals surface area contributed by atoms with Crippen molar-refractivity contribution in [1.29, 1.82) is 0 Å². The van der Waals surface area contributed by atoms with E-state index in [2.05, 4.69) is 41.1 Å². The first-order chi connectivity index (χ1) is 15.1. The fourth-order valence-electron chi connectivity index (χ4n) is 3.05. The molecule has 0 radical (unpaired) electrons. The van der Waals surface area contributed by atoms with Crippen LogP contribution in [0.25, 0.3) is 0 Å². The smallest absolute Gasteiger partial charge is 0.230 e. The first-order valence-corrected chi connectivity index (χ1v) is 11.3. The Hall–Kier alpha value is -3.06. The lowest BCUT2D eigenvalue weighted by atomic mass is 10.1. The van der Waals surface area contributed by atoms with Crippen molar-refractivity contribution in [3.8, 4) is 5.75 Å². The molecule has 0 aliphatic rings. The Bertz CT molecular complexity index is 987. The zero-order chi connectivity index (χ0) is 22.1. The normalized spacial score (nSPS) is 11.7. The van der Waals surface area contributed by atoms with E-state index in [9.17, 15) is 4.79 Å². The summed E-state index contributed by atoms with van der Waals surface area (Å²) in [6.07, 6.45) is 2.77. The highest BCUT2D eigenvalue weighted by Gasteiger charge is 2.15. The predicted octanol–water partition coefficient (Wildman–Crippen LogP) is 4.58. The summed E-state index contributed by atoms with van der Waals surface area (Å²) >= 11 is 1.35. The summed E-state index contributed by atoms with van der Waals surface area (Å²) in [6.45, 7) is 8.75. The van der Waals surface area contributed by atoms with E-state index < -0.39 is 0 Å². The molecular weight excluding hydrogens is 408 g/mol. The number of hydrogen-bond acceptors (Lipinski definition) is 5. The molecule has 162 valence electrons. The fourth-order valence-corrected chi connectivity index (χ4v) is 3.83. The van der Waals surface area contributed by atoms with Crippen molar-refractivity contribution in [2.75, 3.05) is 5.75 Å². The second-order valence-corrected chi connectivity index (χ2v) is 8.02. The number of carbonyl (C=O) groups excluding carboxylic acids is 1. The molecule has 6 nitrogen and oxygen atoms in total. The first-order valence-electron chi connectivity index (χ1n) is 10.3. The van der Waals surface area contributed by atoms with Crippen LogP contribution >= 0.6 is 11.8 Å². The fraction of sp³-hybridized carbons (Fsp3) is 0.292. The van der Waals surface area contributed by atoms with Gasteiger partial charge in [-0.25, -0.2) is 0 Å². The Morgan fingerprint density at radius 1 is 1.19 bits per heavy atom. The lowest BCUT2D eigenvalue weighted by Gasteiger charge is -2.14. The van der Waals surface area contributed by atoms with E-state index in [-0.39, 0.29) is 17.7 Å². The van der Waals surface area contributed by atoms with Gasteiger partial charge in [-0.05, 0) is 36.6 Å². The molecule has 1 heterocycles. The van der Waals surface area contributed by atoms with Crippen LogP contribution in [0, 0.1) is 0 Å². The number of nitrogens with one attached hydrogen (secondary N) is 1. The summed E-state index contributed by atoms with van der Waals surface area (Å²) in [6, 6.07) is 17.9. The Kier molecular flexibility index (Phi) is 8.29. The molecule has 0 fully saturated rings. The molecule has 31 heavy (non-hydrogen) atoms. The molecule has 0 aliphatic carbocycles. The minimum absolute atomic E-state index is 0.0524. The number of nitrogens with zero attached hydrogens (tertiary/aromatic N) is 3. The minimum Gasteiger partial charge on any atom is -0.486 e. The van der Waals surface area contributed by atoms with Gasteiger partial charge < -0.3 is 10.1 Å². The third-order valence-corrected chi connectivity index (χ3v) is 5.78. The maximum Gasteiger partial charge on any atom is 0.230 e. The van der Waals surface area contributed by atoms with Gasteiger partial charge in [0.05, 0.1) is 11.8 Å². The second kappa shape index (κ2) is 11.4. The molecule has 0 saturated carbocycles. The largest absolute Gasteiger partial charge is 0.486 e. The van der Waals surface area contributed by atoms with Crippen molar-refractivity contribution in [2.45, 2.75) is 44.6 Å². The zero-order valence-electron chi connectivity index (χ0n) is 18.0. The molecule has 1 aromatic heterocycles. The van der Waals surface area contributed by atoms with Crippen LogP contribution in [0.2, 0.25) is 0 Å². The van der Waals surface area contributed by atoms with E-state index in [1.165, 1.54) is 17.3 Å². The van der Waals surface area contributed by atoms with Gasteiger partial charge in [-0.15, -0.1) is 16.8 Å². The lowest BCUT2D eigenvalue weighted by molar-refractivity contribution is -0.119. The average Bonchev–Trinajstić information content (AvgIpc) is 3.19. The summed E-state index contributed by atoms with van der Waals surface area (Å²) in [5, 5.41) is 12.2. The summed E-state index contributed by atoms with van der Waals surface area (Å²) in [4.78, 5) is 12.4. The van der Waals surface area contributed by atoms with Gasteiger partial charge in [-0.3, -0.25) is 9.36 Å². The van der Waals surface area contributed by atoms with Crippen molar-refractivity contribution < 1.29 is 9.53 Å². The summed E-state index contributed by atoms with van der Waals surface area (Å²) in [5.74, 6) is 1.68. The van der Waals surface area contributed by atoms with Crippen LogP contribution in [0.5, 0.6) is 5.75 Å². The zero-order valence-corrected chi connectivity index (χ0v) is 18.8.